The minimum Gasteiger partial charge on any atom is -0.479 e. The summed E-state index contributed by atoms with van der Waals surface area (Å²) in [6.07, 6.45) is -0.691. The van der Waals surface area contributed by atoms with Gasteiger partial charge in [0.25, 0.3) is 10.1 Å². The van der Waals surface area contributed by atoms with E-state index in [2.05, 4.69) is 0 Å². The van der Waals surface area contributed by atoms with Crippen LogP contribution in [0.15, 0.2) is 30.3 Å². The second-order valence-electron chi connectivity index (χ2n) is 2.88. The van der Waals surface area contributed by atoms with Crippen LogP contribution in [0.1, 0.15) is 11.7 Å². The molecule has 0 amide bonds. The van der Waals surface area contributed by atoms with Crippen LogP contribution in [0, 0.1) is 0 Å². The highest BCUT2D eigenvalue weighted by atomic mass is 32.2. The van der Waals surface area contributed by atoms with Gasteiger partial charge >= 0.3 is 5.97 Å². The average molecular weight is 248 g/mol. The number of aliphatic hydroxyl groups is 1. The Morgan fingerprint density at radius 1 is 1.25 bits per heavy atom. The van der Waals surface area contributed by atoms with Crippen LogP contribution in [0.5, 0.6) is 0 Å². The highest BCUT2D eigenvalue weighted by Crippen LogP contribution is 2.10. The Bertz CT molecular complexity index is 417. The first-order valence-electron chi connectivity index (χ1n) is 4.10. The molecule has 1 atom stereocenters. The van der Waals surface area contributed by atoms with E-state index >= 15 is 0 Å². The first-order chi connectivity index (χ1) is 7.22. The molecule has 90 valence electrons. The first-order valence-corrected chi connectivity index (χ1v) is 5.95. The third kappa shape index (κ3) is 7.92. The van der Waals surface area contributed by atoms with Crippen molar-refractivity contribution in [1.29, 1.82) is 0 Å². The minimum atomic E-state index is -3.67. The summed E-state index contributed by atoms with van der Waals surface area (Å²) in [4.78, 5) is 10.2. The summed E-state index contributed by atoms with van der Waals surface area (Å²) in [7, 11) is -3.67. The molecule has 1 aromatic rings. The van der Waals surface area contributed by atoms with Gasteiger partial charge in [0.2, 0.25) is 0 Å². The zero-order valence-corrected chi connectivity index (χ0v) is 9.26. The van der Waals surface area contributed by atoms with Crippen LogP contribution in [0.2, 0.25) is 0 Å². The molecule has 0 radical (unpaired) electrons. The quantitative estimate of drug-likeness (QED) is 0.649. The van der Waals surface area contributed by atoms with E-state index in [0.717, 1.165) is 0 Å². The molecule has 0 saturated carbocycles. The Kier molecular flexibility index (Phi) is 5.65. The van der Waals surface area contributed by atoms with Gasteiger partial charge in [-0.2, -0.15) is 8.42 Å². The smallest absolute Gasteiger partial charge is 0.337 e. The molecule has 0 heterocycles. The number of benzene rings is 1. The van der Waals surface area contributed by atoms with Gasteiger partial charge in [-0.15, -0.1) is 0 Å². The van der Waals surface area contributed by atoms with E-state index in [1.165, 1.54) is 0 Å². The Morgan fingerprint density at radius 3 is 1.94 bits per heavy atom. The maximum atomic E-state index is 10.2. The van der Waals surface area contributed by atoms with Crippen molar-refractivity contribution in [2.45, 2.75) is 6.10 Å². The van der Waals surface area contributed by atoms with Crippen molar-refractivity contribution >= 4 is 16.1 Å². The van der Waals surface area contributed by atoms with Crippen molar-refractivity contribution in [2.24, 2.45) is 0 Å². The SMILES string of the molecule is CS(=O)(=O)O.O=C(O)C(O)c1ccccc1. The summed E-state index contributed by atoms with van der Waals surface area (Å²) >= 11 is 0. The zero-order valence-electron chi connectivity index (χ0n) is 8.44. The number of hydrogen-bond donors (Lipinski definition) is 3. The molecule has 3 N–H and O–H groups in total. The fourth-order valence-electron chi connectivity index (χ4n) is 0.778. The van der Waals surface area contributed by atoms with E-state index in [1.54, 1.807) is 30.3 Å². The number of aliphatic hydroxyl groups excluding tert-OH is 1. The molecular formula is C9H12O6S. The number of carboxylic acids is 1. The normalized spacial score (nSPS) is 12.2. The van der Waals surface area contributed by atoms with Gasteiger partial charge in [-0.1, -0.05) is 30.3 Å². The van der Waals surface area contributed by atoms with Gasteiger partial charge in [-0.25, -0.2) is 4.79 Å². The van der Waals surface area contributed by atoms with Crippen molar-refractivity contribution in [1.82, 2.24) is 0 Å². The van der Waals surface area contributed by atoms with E-state index in [1.807, 2.05) is 0 Å². The van der Waals surface area contributed by atoms with Crippen LogP contribution in [-0.4, -0.2) is 35.4 Å². The predicted octanol–water partition coefficient (Wildman–Crippen LogP) is 0.309. The van der Waals surface area contributed by atoms with Gasteiger partial charge in [0.05, 0.1) is 6.26 Å². The number of aliphatic carboxylic acids is 1. The molecule has 0 fully saturated rings. The van der Waals surface area contributed by atoms with Crippen LogP contribution < -0.4 is 0 Å². The molecule has 0 aliphatic heterocycles. The summed E-state index contributed by atoms with van der Waals surface area (Å²) < 4.78 is 25.9. The van der Waals surface area contributed by atoms with Crippen LogP contribution in [0.3, 0.4) is 0 Å². The molecule has 1 unspecified atom stereocenters. The Labute approximate surface area is 92.9 Å². The Morgan fingerprint density at radius 2 is 1.62 bits per heavy atom. The molecule has 6 nitrogen and oxygen atoms in total. The van der Waals surface area contributed by atoms with E-state index in [-0.39, 0.29) is 0 Å². The number of carbonyl (C=O) groups is 1. The van der Waals surface area contributed by atoms with Crippen LogP contribution in [0.25, 0.3) is 0 Å². The molecule has 7 heteroatoms. The van der Waals surface area contributed by atoms with Crippen molar-refractivity contribution in [3.63, 3.8) is 0 Å². The molecule has 1 rings (SSSR count). The van der Waals surface area contributed by atoms with Gasteiger partial charge in [0.15, 0.2) is 6.10 Å². The molecule has 1 aromatic carbocycles. The van der Waals surface area contributed by atoms with Crippen molar-refractivity contribution in [3.8, 4) is 0 Å². The highest BCUT2D eigenvalue weighted by Gasteiger charge is 2.14. The van der Waals surface area contributed by atoms with Gasteiger partial charge in [0, 0.05) is 0 Å². The number of rotatable bonds is 2. The molecule has 0 saturated heterocycles. The van der Waals surface area contributed by atoms with Crippen molar-refractivity contribution < 1.29 is 28.0 Å². The van der Waals surface area contributed by atoms with Crippen LogP contribution in [-0.2, 0) is 14.9 Å². The summed E-state index contributed by atoms with van der Waals surface area (Å²) in [5, 5.41) is 17.4. The van der Waals surface area contributed by atoms with Crippen LogP contribution in [0.4, 0.5) is 0 Å². The fraction of sp³-hybridized carbons (Fsp3) is 0.222. The zero-order chi connectivity index (χ0) is 12.8. The van der Waals surface area contributed by atoms with Crippen LogP contribution >= 0.6 is 0 Å². The lowest BCUT2D eigenvalue weighted by Crippen LogP contribution is -2.09. The lowest BCUT2D eigenvalue weighted by molar-refractivity contribution is -0.146. The Balaban J connectivity index is 0.000000385. The van der Waals surface area contributed by atoms with E-state index in [4.69, 9.17) is 14.8 Å². The third-order valence-corrected chi connectivity index (χ3v) is 1.35. The molecular weight excluding hydrogens is 236 g/mol. The molecule has 0 spiro atoms. The second kappa shape index (κ2) is 6.21. The fourth-order valence-corrected chi connectivity index (χ4v) is 0.778. The number of hydrogen-bond acceptors (Lipinski definition) is 4. The lowest BCUT2D eigenvalue weighted by atomic mass is 10.1. The standard InChI is InChI=1S/C8H8O3.CH4O3S/c9-7(8(10)11)6-4-2-1-3-5-6;1-5(2,3)4/h1-5,7,9H,(H,10,11);1H3,(H,2,3,4). The van der Waals surface area contributed by atoms with Crippen molar-refractivity contribution in [3.05, 3.63) is 35.9 Å². The topological polar surface area (TPSA) is 112 Å². The molecule has 0 aliphatic carbocycles. The Hall–Kier alpha value is -1.44. The third-order valence-electron chi connectivity index (χ3n) is 1.35. The summed E-state index contributed by atoms with van der Waals surface area (Å²) in [5.41, 5.74) is 0.403. The van der Waals surface area contributed by atoms with Gasteiger partial charge in [-0.05, 0) is 5.56 Å². The first kappa shape index (κ1) is 14.6. The summed E-state index contributed by atoms with van der Waals surface area (Å²) in [6.45, 7) is 0. The highest BCUT2D eigenvalue weighted by molar-refractivity contribution is 7.85. The monoisotopic (exact) mass is 248 g/mol. The predicted molar refractivity (Wildman–Crippen MR) is 56.5 cm³/mol. The van der Waals surface area contributed by atoms with Crippen molar-refractivity contribution in [2.75, 3.05) is 6.26 Å². The maximum absolute atomic E-state index is 10.2. The molecule has 0 aromatic heterocycles. The van der Waals surface area contributed by atoms with E-state index < -0.39 is 22.2 Å². The summed E-state index contributed by atoms with van der Waals surface area (Å²) in [6, 6.07) is 8.26. The lowest BCUT2D eigenvalue weighted by Gasteiger charge is -2.03. The number of carboxylic acid groups (broad SMARTS) is 1. The molecule has 16 heavy (non-hydrogen) atoms. The average Bonchev–Trinajstić information content (AvgIpc) is 2.15. The van der Waals surface area contributed by atoms with E-state index in [0.29, 0.717) is 11.8 Å². The van der Waals surface area contributed by atoms with E-state index in [9.17, 15) is 13.2 Å². The second-order valence-corrected chi connectivity index (χ2v) is 4.35. The van der Waals surface area contributed by atoms with Gasteiger partial charge < -0.3 is 10.2 Å². The maximum Gasteiger partial charge on any atom is 0.337 e. The van der Waals surface area contributed by atoms with Gasteiger partial charge in [0.1, 0.15) is 0 Å². The minimum absolute atomic E-state index is 0.403. The van der Waals surface area contributed by atoms with Gasteiger partial charge in [-0.3, -0.25) is 4.55 Å². The largest absolute Gasteiger partial charge is 0.479 e. The molecule has 0 aliphatic rings. The summed E-state index contributed by atoms with van der Waals surface area (Å²) in [5.74, 6) is -1.23. The molecule has 0 bridgehead atoms.